The predicted molar refractivity (Wildman–Crippen MR) is 68.3 cm³/mol. The first-order valence-electron chi connectivity index (χ1n) is 6.12. The van der Waals surface area contributed by atoms with Crippen LogP contribution >= 0.6 is 0 Å². The molecule has 1 aromatic carbocycles. The van der Waals surface area contributed by atoms with Gasteiger partial charge in [-0.25, -0.2) is 17.2 Å². The van der Waals surface area contributed by atoms with Crippen molar-refractivity contribution >= 4 is 10.0 Å². The van der Waals surface area contributed by atoms with Gasteiger partial charge in [0.25, 0.3) is 0 Å². The molecule has 1 heterocycles. The number of hydrogen-bond acceptors (Lipinski definition) is 3. The molecule has 1 aromatic rings. The fraction of sp³-hybridized carbons (Fsp3) is 0.462. The molecule has 1 fully saturated rings. The molecule has 1 aliphatic heterocycles. The lowest BCUT2D eigenvalue weighted by Crippen LogP contribution is -2.43. The van der Waals surface area contributed by atoms with Gasteiger partial charge in [0.05, 0.1) is 5.56 Å². The Bertz CT molecular complexity index is 693. The third kappa shape index (κ3) is 2.30. The van der Waals surface area contributed by atoms with Crippen LogP contribution in [0.25, 0.3) is 0 Å². The second kappa shape index (κ2) is 4.79. The van der Waals surface area contributed by atoms with Gasteiger partial charge < -0.3 is 0 Å². The molecule has 0 unspecified atom stereocenters. The van der Waals surface area contributed by atoms with Gasteiger partial charge in [0.15, 0.2) is 0 Å². The van der Waals surface area contributed by atoms with E-state index in [1.165, 1.54) is 4.31 Å². The minimum absolute atomic E-state index is 0.261. The monoisotopic (exact) mass is 300 g/mol. The second-order valence-electron chi connectivity index (χ2n) is 5.37. The maximum absolute atomic E-state index is 13.9. The van der Waals surface area contributed by atoms with Crippen LogP contribution in [0.2, 0.25) is 0 Å². The highest BCUT2D eigenvalue weighted by Gasteiger charge is 2.43. The van der Waals surface area contributed by atoms with Crippen LogP contribution in [0.15, 0.2) is 17.0 Å². The molecule has 1 aliphatic rings. The van der Waals surface area contributed by atoms with Crippen LogP contribution in [0, 0.1) is 23.0 Å². The highest BCUT2D eigenvalue weighted by atomic mass is 32.2. The highest BCUT2D eigenvalue weighted by Crippen LogP contribution is 2.35. The van der Waals surface area contributed by atoms with Crippen molar-refractivity contribution in [2.45, 2.75) is 37.1 Å². The molecule has 4 nitrogen and oxygen atoms in total. The number of rotatable bonds is 2. The predicted octanol–water partition coefficient (Wildman–Crippen LogP) is 2.40. The van der Waals surface area contributed by atoms with E-state index in [1.807, 2.05) is 0 Å². The second-order valence-corrected chi connectivity index (χ2v) is 7.17. The average Bonchev–Trinajstić information content (AvgIpc) is 2.67. The van der Waals surface area contributed by atoms with E-state index < -0.39 is 37.7 Å². The van der Waals surface area contributed by atoms with Gasteiger partial charge in [-0.15, -0.1) is 0 Å². The zero-order valence-corrected chi connectivity index (χ0v) is 12.0. The number of nitriles is 1. The Labute approximate surface area is 116 Å². The van der Waals surface area contributed by atoms with Crippen molar-refractivity contribution in [2.24, 2.45) is 0 Å². The molecule has 0 aliphatic carbocycles. The van der Waals surface area contributed by atoms with Gasteiger partial charge in [-0.05, 0) is 32.8 Å². The van der Waals surface area contributed by atoms with Crippen LogP contribution in [0.5, 0.6) is 0 Å². The molecule has 0 bridgehead atoms. The Balaban J connectivity index is 2.65. The molecule has 0 aromatic heterocycles. The van der Waals surface area contributed by atoms with E-state index in [0.29, 0.717) is 18.9 Å². The minimum atomic E-state index is -4.17. The van der Waals surface area contributed by atoms with Crippen LogP contribution < -0.4 is 0 Å². The molecule has 0 saturated carbocycles. The van der Waals surface area contributed by atoms with Gasteiger partial charge in [-0.1, -0.05) is 0 Å². The number of sulfonamides is 1. The lowest BCUT2D eigenvalue weighted by Gasteiger charge is -2.30. The normalized spacial score (nSPS) is 18.9. The molecule has 0 atom stereocenters. The fourth-order valence-corrected chi connectivity index (χ4v) is 4.56. The van der Waals surface area contributed by atoms with Crippen molar-refractivity contribution in [3.05, 3.63) is 29.3 Å². The average molecular weight is 300 g/mol. The summed E-state index contributed by atoms with van der Waals surface area (Å²) in [5, 5.41) is 8.94. The third-order valence-corrected chi connectivity index (χ3v) is 5.69. The lowest BCUT2D eigenvalue weighted by molar-refractivity contribution is 0.290. The Morgan fingerprint density at radius 3 is 2.50 bits per heavy atom. The van der Waals surface area contributed by atoms with Crippen molar-refractivity contribution in [2.75, 3.05) is 6.54 Å². The Morgan fingerprint density at radius 2 is 2.00 bits per heavy atom. The summed E-state index contributed by atoms with van der Waals surface area (Å²) in [6, 6.07) is 2.77. The summed E-state index contributed by atoms with van der Waals surface area (Å²) in [4.78, 5) is -0.739. The van der Waals surface area contributed by atoms with Crippen LogP contribution in [0.4, 0.5) is 8.78 Å². The zero-order valence-electron chi connectivity index (χ0n) is 11.2. The Kier molecular flexibility index (Phi) is 3.56. The standard InChI is InChI=1S/C13H14F2N2O2S/c1-13(2)4-3-5-17(13)20(18,19)12-9(8-16)6-10(14)7-11(12)15/h6-7H,3-5H2,1-2H3. The van der Waals surface area contributed by atoms with Crippen molar-refractivity contribution in [1.29, 1.82) is 5.26 Å². The molecule has 1 saturated heterocycles. The van der Waals surface area contributed by atoms with E-state index >= 15 is 0 Å². The topological polar surface area (TPSA) is 61.2 Å². The summed E-state index contributed by atoms with van der Waals surface area (Å²) in [5.74, 6) is -2.21. The first-order chi connectivity index (χ1) is 9.20. The summed E-state index contributed by atoms with van der Waals surface area (Å²) >= 11 is 0. The summed E-state index contributed by atoms with van der Waals surface area (Å²) in [6.07, 6.45) is 1.31. The molecule has 0 spiro atoms. The maximum Gasteiger partial charge on any atom is 0.247 e. The number of hydrogen-bond donors (Lipinski definition) is 0. The summed E-state index contributed by atoms with van der Waals surface area (Å²) in [5.41, 5.74) is -1.16. The molecule has 108 valence electrons. The van der Waals surface area contributed by atoms with Crippen molar-refractivity contribution in [1.82, 2.24) is 4.31 Å². The summed E-state index contributed by atoms with van der Waals surface area (Å²) in [7, 11) is -4.17. The summed E-state index contributed by atoms with van der Waals surface area (Å²) in [6.45, 7) is 3.74. The van der Waals surface area contributed by atoms with E-state index in [4.69, 9.17) is 5.26 Å². The Hall–Kier alpha value is -1.52. The van der Waals surface area contributed by atoms with E-state index in [9.17, 15) is 17.2 Å². The van der Waals surface area contributed by atoms with Gasteiger partial charge in [0.2, 0.25) is 10.0 Å². The first kappa shape index (κ1) is 14.9. The number of nitrogens with zero attached hydrogens (tertiary/aromatic N) is 2. The smallest absolute Gasteiger partial charge is 0.207 e. The molecule has 7 heteroatoms. The highest BCUT2D eigenvalue weighted by molar-refractivity contribution is 7.89. The number of benzene rings is 1. The quantitative estimate of drug-likeness (QED) is 0.842. The molecule has 0 N–H and O–H groups in total. The molecule has 20 heavy (non-hydrogen) atoms. The van der Waals surface area contributed by atoms with E-state index in [1.54, 1.807) is 19.9 Å². The number of halogens is 2. The molecular weight excluding hydrogens is 286 g/mol. The lowest BCUT2D eigenvalue weighted by atomic mass is 10.0. The van der Waals surface area contributed by atoms with Crippen molar-refractivity contribution in [3.63, 3.8) is 0 Å². The van der Waals surface area contributed by atoms with Gasteiger partial charge in [-0.2, -0.15) is 9.57 Å². The zero-order chi connectivity index (χ0) is 15.1. The van der Waals surface area contributed by atoms with E-state index in [-0.39, 0.29) is 6.54 Å². The fourth-order valence-electron chi connectivity index (χ4n) is 2.54. The van der Waals surface area contributed by atoms with Crippen LogP contribution in [-0.2, 0) is 10.0 Å². The molecule has 0 radical (unpaired) electrons. The molecular formula is C13H14F2N2O2S. The van der Waals surface area contributed by atoms with Crippen molar-refractivity contribution < 1.29 is 17.2 Å². The van der Waals surface area contributed by atoms with E-state index in [2.05, 4.69) is 0 Å². The van der Waals surface area contributed by atoms with Crippen LogP contribution in [0.3, 0.4) is 0 Å². The molecule has 2 rings (SSSR count). The van der Waals surface area contributed by atoms with Crippen LogP contribution in [-0.4, -0.2) is 24.8 Å². The van der Waals surface area contributed by atoms with Crippen LogP contribution in [0.1, 0.15) is 32.3 Å². The Morgan fingerprint density at radius 1 is 1.35 bits per heavy atom. The minimum Gasteiger partial charge on any atom is -0.207 e. The first-order valence-corrected chi connectivity index (χ1v) is 7.56. The largest absolute Gasteiger partial charge is 0.247 e. The third-order valence-electron chi connectivity index (χ3n) is 3.50. The maximum atomic E-state index is 13.9. The van der Waals surface area contributed by atoms with E-state index in [0.717, 1.165) is 6.07 Å². The van der Waals surface area contributed by atoms with Crippen molar-refractivity contribution in [3.8, 4) is 6.07 Å². The van der Waals surface area contributed by atoms with Gasteiger partial charge >= 0.3 is 0 Å². The summed E-state index contributed by atoms with van der Waals surface area (Å²) < 4.78 is 53.3. The SMILES string of the molecule is CC1(C)CCCN1S(=O)(=O)c1c(F)cc(F)cc1C#N. The van der Waals surface area contributed by atoms with Gasteiger partial charge in [0.1, 0.15) is 22.6 Å². The molecule has 0 amide bonds. The van der Waals surface area contributed by atoms with Gasteiger partial charge in [0, 0.05) is 18.2 Å². The van der Waals surface area contributed by atoms with Gasteiger partial charge in [-0.3, -0.25) is 0 Å².